The van der Waals surface area contributed by atoms with Crippen molar-refractivity contribution in [3.63, 3.8) is 0 Å². The summed E-state index contributed by atoms with van der Waals surface area (Å²) in [6.45, 7) is 3.99. The maximum absolute atomic E-state index is 11.6. The van der Waals surface area contributed by atoms with Gasteiger partial charge in [0.1, 0.15) is 17.9 Å². The summed E-state index contributed by atoms with van der Waals surface area (Å²) < 4.78 is 5.07. The third-order valence-corrected chi connectivity index (χ3v) is 3.27. The number of esters is 1. The van der Waals surface area contributed by atoms with Crippen LogP contribution in [0.2, 0.25) is 0 Å². The largest absolute Gasteiger partial charge is 0.461 e. The van der Waals surface area contributed by atoms with Gasteiger partial charge in [-0.2, -0.15) is 0 Å². The molecule has 1 saturated heterocycles. The Morgan fingerprint density at radius 3 is 2.63 bits per heavy atom. The fourth-order valence-electron chi connectivity index (χ4n) is 2.11. The molecule has 0 bridgehead atoms. The highest BCUT2D eigenvalue weighted by molar-refractivity contribution is 5.99. The van der Waals surface area contributed by atoms with Crippen LogP contribution in [0.4, 0.5) is 0 Å². The molecule has 5 heteroatoms. The molecule has 0 aliphatic carbocycles. The number of ketones is 1. The lowest BCUT2D eigenvalue weighted by Gasteiger charge is -2.08. The Labute approximate surface area is 114 Å². The van der Waals surface area contributed by atoms with E-state index in [1.165, 1.54) is 0 Å². The number of hydrogen-bond donors (Lipinski definition) is 1. The summed E-state index contributed by atoms with van der Waals surface area (Å²) in [6, 6.07) is -0.583. The van der Waals surface area contributed by atoms with Gasteiger partial charge in [-0.1, -0.05) is 26.7 Å². The van der Waals surface area contributed by atoms with Crippen molar-refractivity contribution < 1.29 is 19.1 Å². The molecule has 1 heterocycles. The molecule has 1 fully saturated rings. The number of amides is 1. The molecule has 0 aromatic rings. The lowest BCUT2D eigenvalue weighted by Crippen LogP contribution is -2.38. The minimum Gasteiger partial charge on any atom is -0.461 e. The van der Waals surface area contributed by atoms with Crippen molar-refractivity contribution in [3.05, 3.63) is 0 Å². The minimum atomic E-state index is -0.583. The number of nitrogens with one attached hydrogen (secondary N) is 1. The van der Waals surface area contributed by atoms with Crippen molar-refractivity contribution >= 4 is 17.7 Å². The van der Waals surface area contributed by atoms with E-state index in [-0.39, 0.29) is 24.2 Å². The molecule has 0 aromatic carbocycles. The molecule has 19 heavy (non-hydrogen) atoms. The SMILES string of the molecule is CCCCCC(=O)CC(=O)N[C@H]1C[C@H](CC)OC1=O. The lowest BCUT2D eigenvalue weighted by molar-refractivity contribution is -0.144. The molecule has 1 amide bonds. The first kappa shape index (κ1) is 15.7. The molecular weight excluding hydrogens is 246 g/mol. The quantitative estimate of drug-likeness (QED) is 0.414. The summed E-state index contributed by atoms with van der Waals surface area (Å²) in [7, 11) is 0. The molecule has 0 unspecified atom stereocenters. The van der Waals surface area contributed by atoms with Crippen molar-refractivity contribution in [3.8, 4) is 0 Å². The molecule has 1 rings (SSSR count). The summed E-state index contributed by atoms with van der Waals surface area (Å²) in [5, 5.41) is 2.58. The molecule has 0 radical (unpaired) electrons. The van der Waals surface area contributed by atoms with Gasteiger partial charge in [0.15, 0.2) is 0 Å². The molecular formula is C14H23NO4. The van der Waals surface area contributed by atoms with Gasteiger partial charge in [0.2, 0.25) is 5.91 Å². The van der Waals surface area contributed by atoms with Crippen LogP contribution in [0.3, 0.4) is 0 Å². The first-order valence-corrected chi connectivity index (χ1v) is 7.08. The first-order valence-electron chi connectivity index (χ1n) is 7.08. The number of unbranched alkanes of at least 4 members (excludes halogenated alkanes) is 2. The van der Waals surface area contributed by atoms with E-state index in [1.807, 2.05) is 6.92 Å². The van der Waals surface area contributed by atoms with Crippen LogP contribution in [0.15, 0.2) is 0 Å². The Bertz CT molecular complexity index is 340. The topological polar surface area (TPSA) is 72.5 Å². The molecule has 108 valence electrons. The van der Waals surface area contributed by atoms with Crippen LogP contribution in [0, 0.1) is 0 Å². The summed E-state index contributed by atoms with van der Waals surface area (Å²) in [5.74, 6) is -0.830. The van der Waals surface area contributed by atoms with E-state index >= 15 is 0 Å². The van der Waals surface area contributed by atoms with Crippen LogP contribution in [0.5, 0.6) is 0 Å². The van der Waals surface area contributed by atoms with E-state index < -0.39 is 12.0 Å². The number of hydrogen-bond acceptors (Lipinski definition) is 4. The van der Waals surface area contributed by atoms with Crippen LogP contribution >= 0.6 is 0 Å². The van der Waals surface area contributed by atoms with E-state index in [0.717, 1.165) is 25.7 Å². The second kappa shape index (κ2) is 7.92. The minimum absolute atomic E-state index is 0.0654. The van der Waals surface area contributed by atoms with Crippen LogP contribution < -0.4 is 5.32 Å². The van der Waals surface area contributed by atoms with Crippen molar-refractivity contribution in [1.29, 1.82) is 0 Å². The number of Topliss-reactive ketones (excluding diaryl/α,β-unsaturated/α-hetero) is 1. The summed E-state index contributed by atoms with van der Waals surface area (Å²) in [5.41, 5.74) is 0. The van der Waals surface area contributed by atoms with Gasteiger partial charge in [0, 0.05) is 12.8 Å². The maximum atomic E-state index is 11.6. The van der Waals surface area contributed by atoms with Crippen LogP contribution in [-0.4, -0.2) is 29.8 Å². The average molecular weight is 269 g/mol. The third-order valence-electron chi connectivity index (χ3n) is 3.27. The molecule has 5 nitrogen and oxygen atoms in total. The first-order chi connectivity index (χ1) is 9.06. The smallest absolute Gasteiger partial charge is 0.329 e. The van der Waals surface area contributed by atoms with E-state index in [1.54, 1.807) is 0 Å². The van der Waals surface area contributed by atoms with Crippen molar-refractivity contribution in [2.24, 2.45) is 0 Å². The van der Waals surface area contributed by atoms with Crippen molar-refractivity contribution in [2.75, 3.05) is 0 Å². The van der Waals surface area contributed by atoms with Gasteiger partial charge in [-0.25, -0.2) is 4.79 Å². The number of cyclic esters (lactones) is 1. The van der Waals surface area contributed by atoms with Crippen molar-refractivity contribution in [2.45, 2.75) is 70.9 Å². The Kier molecular flexibility index (Phi) is 6.53. The van der Waals surface area contributed by atoms with Crippen molar-refractivity contribution in [1.82, 2.24) is 5.32 Å². The Morgan fingerprint density at radius 2 is 2.05 bits per heavy atom. The highest BCUT2D eigenvalue weighted by Gasteiger charge is 2.34. The average Bonchev–Trinajstić information content (AvgIpc) is 2.70. The third kappa shape index (κ3) is 5.41. The summed E-state index contributed by atoms with van der Waals surface area (Å²) in [4.78, 5) is 34.6. The second-order valence-corrected chi connectivity index (χ2v) is 5.00. The van der Waals surface area contributed by atoms with Gasteiger partial charge in [-0.15, -0.1) is 0 Å². The standard InChI is InChI=1S/C14H23NO4/c1-3-5-6-7-10(16)8-13(17)15-12-9-11(4-2)19-14(12)18/h11-12H,3-9H2,1-2H3,(H,15,17)/t11-,12-/m0/s1. The number of carbonyl (C=O) groups is 3. The molecule has 1 aliphatic rings. The lowest BCUT2D eigenvalue weighted by atomic mass is 10.1. The van der Waals surface area contributed by atoms with E-state index in [2.05, 4.69) is 12.2 Å². The Hall–Kier alpha value is -1.39. The van der Waals surface area contributed by atoms with Gasteiger partial charge in [0.25, 0.3) is 0 Å². The highest BCUT2D eigenvalue weighted by atomic mass is 16.6. The summed E-state index contributed by atoms with van der Waals surface area (Å²) >= 11 is 0. The normalized spacial score (nSPS) is 22.1. The van der Waals surface area contributed by atoms with Crippen LogP contribution in [0.1, 0.15) is 58.8 Å². The molecule has 0 aromatic heterocycles. The highest BCUT2D eigenvalue weighted by Crippen LogP contribution is 2.17. The molecule has 1 N–H and O–H groups in total. The Morgan fingerprint density at radius 1 is 1.32 bits per heavy atom. The fraction of sp³-hybridized carbons (Fsp3) is 0.786. The zero-order chi connectivity index (χ0) is 14.3. The predicted octanol–water partition coefficient (Wildman–Crippen LogP) is 1.74. The second-order valence-electron chi connectivity index (χ2n) is 5.00. The van der Waals surface area contributed by atoms with Gasteiger partial charge in [-0.05, 0) is 12.8 Å². The van der Waals surface area contributed by atoms with Gasteiger partial charge < -0.3 is 10.1 Å². The zero-order valence-corrected chi connectivity index (χ0v) is 11.7. The number of carbonyl (C=O) groups excluding carboxylic acids is 3. The van der Waals surface area contributed by atoms with E-state index in [0.29, 0.717) is 12.8 Å². The van der Waals surface area contributed by atoms with Crippen LogP contribution in [-0.2, 0) is 19.1 Å². The number of rotatable bonds is 8. The summed E-state index contributed by atoms with van der Waals surface area (Å²) in [6.07, 6.45) is 4.31. The fourth-order valence-corrected chi connectivity index (χ4v) is 2.11. The molecule has 2 atom stereocenters. The van der Waals surface area contributed by atoms with E-state index in [9.17, 15) is 14.4 Å². The predicted molar refractivity (Wildman–Crippen MR) is 70.5 cm³/mol. The monoisotopic (exact) mass is 269 g/mol. The zero-order valence-electron chi connectivity index (χ0n) is 11.7. The molecule has 0 spiro atoms. The molecule has 0 saturated carbocycles. The van der Waals surface area contributed by atoms with Crippen LogP contribution in [0.25, 0.3) is 0 Å². The van der Waals surface area contributed by atoms with E-state index in [4.69, 9.17) is 4.74 Å². The Balaban J connectivity index is 2.27. The maximum Gasteiger partial charge on any atom is 0.329 e. The number of ether oxygens (including phenoxy) is 1. The van der Waals surface area contributed by atoms with Gasteiger partial charge >= 0.3 is 5.97 Å². The van der Waals surface area contributed by atoms with Gasteiger partial charge in [-0.3, -0.25) is 9.59 Å². The van der Waals surface area contributed by atoms with Gasteiger partial charge in [0.05, 0.1) is 6.42 Å². The molecule has 1 aliphatic heterocycles.